The number of carboxylic acid groups (broad SMARTS) is 1. The van der Waals surface area contributed by atoms with Crippen LogP contribution in [0.2, 0.25) is 5.02 Å². The third-order valence-corrected chi connectivity index (χ3v) is 9.85. The summed E-state index contributed by atoms with van der Waals surface area (Å²) in [5, 5.41) is 13.3. The summed E-state index contributed by atoms with van der Waals surface area (Å²) in [5.41, 5.74) is 4.10. The van der Waals surface area contributed by atoms with Gasteiger partial charge in [-0.05, 0) is 53.4 Å². The Kier molecular flexibility index (Phi) is 8.69. The van der Waals surface area contributed by atoms with Crippen LogP contribution in [-0.2, 0) is 32.0 Å². The highest BCUT2D eigenvalue weighted by atomic mass is 35.5. The molecule has 4 aliphatic heterocycles. The van der Waals surface area contributed by atoms with Crippen LogP contribution in [0.1, 0.15) is 45.1 Å². The molecule has 3 aromatic carbocycles. The predicted octanol–water partition coefficient (Wildman–Crippen LogP) is 4.13. The van der Waals surface area contributed by atoms with Crippen molar-refractivity contribution in [3.63, 3.8) is 0 Å². The molecule has 0 radical (unpaired) electrons. The number of benzene rings is 3. The molecule has 7 rings (SSSR count). The van der Waals surface area contributed by atoms with E-state index < -0.39 is 29.8 Å². The number of amides is 1. The molecule has 0 saturated carbocycles. The Hall–Kier alpha value is -4.32. The number of carbonyl (C=O) groups excluding carboxylic acids is 2. The number of Topliss-reactive ketones (excluding diaryl/α,β-unsaturated/α-hetero) is 1. The summed E-state index contributed by atoms with van der Waals surface area (Å²) in [6.07, 6.45) is -0.440. The van der Waals surface area contributed by atoms with E-state index in [-0.39, 0.29) is 47.0 Å². The number of nitrogens with zero attached hydrogens (tertiary/aromatic N) is 4. The van der Waals surface area contributed by atoms with Gasteiger partial charge >= 0.3 is 5.97 Å². The molecule has 4 aliphatic rings. The van der Waals surface area contributed by atoms with Crippen molar-refractivity contribution in [1.29, 1.82) is 0 Å². The van der Waals surface area contributed by atoms with Crippen molar-refractivity contribution in [1.82, 2.24) is 9.80 Å². The van der Waals surface area contributed by atoms with Gasteiger partial charge in [-0.25, -0.2) is 9.18 Å². The molecule has 2 saturated heterocycles. The Bertz CT molecular complexity index is 1740. The summed E-state index contributed by atoms with van der Waals surface area (Å²) in [5.74, 6) is -2.29. The highest BCUT2D eigenvalue weighted by Crippen LogP contribution is 2.38. The predicted molar refractivity (Wildman–Crippen MR) is 173 cm³/mol. The van der Waals surface area contributed by atoms with E-state index in [1.165, 1.54) is 24.3 Å². The standard InChI is InChI=1S/C35H34ClFN4O6/c36-27-5-1-4-26(32(27)37)28-18-31(47-38-28)34(43)41-12-11-24-25(33(41)30(42)17-21-7-9-22(10-8-21)35(44)45)3-2-6-29(24)40-15-13-39(14-16-40)23-19-46-20-23/h1-10,23,31,33H,11-20H2,(H,44,45)/t31-,33+/m1/s1. The van der Waals surface area contributed by atoms with Gasteiger partial charge in [0.1, 0.15) is 6.04 Å². The number of carboxylic acids is 1. The largest absolute Gasteiger partial charge is 0.478 e. The Labute approximate surface area is 276 Å². The van der Waals surface area contributed by atoms with E-state index in [0.29, 0.717) is 18.0 Å². The smallest absolute Gasteiger partial charge is 0.335 e. The number of rotatable bonds is 8. The second kappa shape index (κ2) is 13.1. The maximum atomic E-state index is 14.8. The van der Waals surface area contributed by atoms with Crippen molar-refractivity contribution in [2.45, 2.75) is 37.5 Å². The SMILES string of the molecule is O=C(O)c1ccc(CC(=O)[C@@H]2c3cccc(N4CCN(C5COC5)CC4)c3CCN2C(=O)[C@H]2CC(c3cccc(Cl)c3F)=NO2)cc1. The first kappa shape index (κ1) is 31.3. The van der Waals surface area contributed by atoms with Crippen LogP contribution in [0.5, 0.6) is 0 Å². The second-order valence-corrected chi connectivity index (χ2v) is 12.7. The molecule has 0 unspecified atom stereocenters. The molecule has 0 bridgehead atoms. The number of fused-ring (bicyclic) bond motifs is 1. The molecule has 47 heavy (non-hydrogen) atoms. The molecular weight excluding hydrogens is 627 g/mol. The van der Waals surface area contributed by atoms with Gasteiger partial charge in [0.25, 0.3) is 5.91 Å². The summed E-state index contributed by atoms with van der Waals surface area (Å²) in [6, 6.07) is 16.3. The third-order valence-electron chi connectivity index (χ3n) is 9.56. The number of oxime groups is 1. The van der Waals surface area contributed by atoms with E-state index in [4.69, 9.17) is 21.2 Å². The zero-order valence-electron chi connectivity index (χ0n) is 25.6. The van der Waals surface area contributed by atoms with E-state index in [2.05, 4.69) is 21.0 Å². The summed E-state index contributed by atoms with van der Waals surface area (Å²) >= 11 is 5.98. The minimum absolute atomic E-state index is 0.00114. The molecule has 1 N–H and O–H groups in total. The van der Waals surface area contributed by atoms with Gasteiger partial charge in [0, 0.05) is 56.8 Å². The maximum Gasteiger partial charge on any atom is 0.335 e. The van der Waals surface area contributed by atoms with Gasteiger partial charge in [0.15, 0.2) is 11.6 Å². The number of piperazine rings is 1. The first-order valence-electron chi connectivity index (χ1n) is 15.8. The van der Waals surface area contributed by atoms with Gasteiger partial charge in [-0.15, -0.1) is 0 Å². The van der Waals surface area contributed by atoms with Crippen LogP contribution in [-0.4, -0.2) is 96.4 Å². The third kappa shape index (κ3) is 6.10. The zero-order chi connectivity index (χ0) is 32.7. The lowest BCUT2D eigenvalue weighted by molar-refractivity contribution is -0.149. The molecule has 0 spiro atoms. The number of anilines is 1. The van der Waals surface area contributed by atoms with Crippen LogP contribution in [0.4, 0.5) is 10.1 Å². The van der Waals surface area contributed by atoms with Crippen LogP contribution in [0, 0.1) is 5.82 Å². The van der Waals surface area contributed by atoms with Crippen LogP contribution < -0.4 is 4.90 Å². The fraction of sp³-hybridized carbons (Fsp3) is 0.371. The Balaban J connectivity index is 1.16. The van der Waals surface area contributed by atoms with Crippen molar-refractivity contribution >= 4 is 40.7 Å². The summed E-state index contributed by atoms with van der Waals surface area (Å²) in [4.78, 5) is 51.6. The van der Waals surface area contributed by atoms with E-state index >= 15 is 0 Å². The molecule has 3 aromatic rings. The van der Waals surface area contributed by atoms with Crippen molar-refractivity contribution in [2.24, 2.45) is 5.16 Å². The Morgan fingerprint density at radius 3 is 2.40 bits per heavy atom. The molecule has 10 nitrogen and oxygen atoms in total. The normalized spacial score (nSPS) is 21.4. The van der Waals surface area contributed by atoms with E-state index in [1.807, 2.05) is 12.1 Å². The Morgan fingerprint density at radius 2 is 1.70 bits per heavy atom. The number of hydrogen-bond donors (Lipinski definition) is 1. The number of aromatic carboxylic acids is 1. The van der Waals surface area contributed by atoms with Gasteiger partial charge in [-0.3, -0.25) is 14.5 Å². The second-order valence-electron chi connectivity index (χ2n) is 12.3. The fourth-order valence-corrected chi connectivity index (χ4v) is 7.11. The van der Waals surface area contributed by atoms with E-state index in [9.17, 15) is 23.9 Å². The van der Waals surface area contributed by atoms with Crippen LogP contribution in [0.25, 0.3) is 0 Å². The monoisotopic (exact) mass is 660 g/mol. The van der Waals surface area contributed by atoms with Crippen molar-refractivity contribution in [3.05, 3.63) is 99.3 Å². The molecule has 12 heteroatoms. The summed E-state index contributed by atoms with van der Waals surface area (Å²) in [7, 11) is 0. The molecule has 244 valence electrons. The van der Waals surface area contributed by atoms with Crippen LogP contribution in [0.3, 0.4) is 0 Å². The molecule has 0 aliphatic carbocycles. The molecule has 2 fully saturated rings. The molecule has 4 heterocycles. The van der Waals surface area contributed by atoms with Gasteiger partial charge < -0.3 is 24.5 Å². The van der Waals surface area contributed by atoms with Crippen LogP contribution >= 0.6 is 11.6 Å². The van der Waals surface area contributed by atoms with Gasteiger partial charge in [0.2, 0.25) is 6.10 Å². The number of ether oxygens (including phenoxy) is 1. The van der Waals surface area contributed by atoms with Crippen molar-refractivity contribution in [3.8, 4) is 0 Å². The summed E-state index contributed by atoms with van der Waals surface area (Å²) < 4.78 is 20.2. The molecule has 0 aromatic heterocycles. The van der Waals surface area contributed by atoms with Crippen molar-refractivity contribution < 1.29 is 33.5 Å². The number of halogens is 2. The zero-order valence-corrected chi connectivity index (χ0v) is 26.4. The lowest BCUT2D eigenvalue weighted by Crippen LogP contribution is -2.57. The van der Waals surface area contributed by atoms with Crippen molar-refractivity contribution in [2.75, 3.05) is 50.8 Å². The average molecular weight is 661 g/mol. The highest BCUT2D eigenvalue weighted by Gasteiger charge is 2.42. The van der Waals surface area contributed by atoms with E-state index in [0.717, 1.165) is 56.2 Å². The fourth-order valence-electron chi connectivity index (χ4n) is 6.94. The lowest BCUT2D eigenvalue weighted by atomic mass is 9.86. The molecule has 1 amide bonds. The molecular formula is C35H34ClFN4O6. The number of hydrogen-bond acceptors (Lipinski definition) is 8. The first-order valence-corrected chi connectivity index (χ1v) is 16.2. The van der Waals surface area contributed by atoms with Gasteiger partial charge in [-0.1, -0.05) is 47.1 Å². The number of ketones is 1. The maximum absolute atomic E-state index is 14.8. The minimum atomic E-state index is -1.05. The van der Waals surface area contributed by atoms with Crippen LogP contribution in [0.15, 0.2) is 65.8 Å². The molecule has 2 atom stereocenters. The lowest BCUT2D eigenvalue weighted by Gasteiger charge is -2.44. The minimum Gasteiger partial charge on any atom is -0.478 e. The topological polar surface area (TPSA) is 112 Å². The number of carbonyl (C=O) groups is 3. The van der Waals surface area contributed by atoms with E-state index in [1.54, 1.807) is 23.1 Å². The first-order chi connectivity index (χ1) is 22.8. The average Bonchev–Trinajstić information content (AvgIpc) is 3.55. The van der Waals surface area contributed by atoms with Gasteiger partial charge in [-0.2, -0.15) is 0 Å². The summed E-state index contributed by atoms with van der Waals surface area (Å²) in [6.45, 7) is 5.38. The van der Waals surface area contributed by atoms with Gasteiger partial charge in [0.05, 0.1) is 35.6 Å². The quantitative estimate of drug-likeness (QED) is 0.384. The Morgan fingerprint density at radius 1 is 0.957 bits per heavy atom. The highest BCUT2D eigenvalue weighted by molar-refractivity contribution is 6.31.